The van der Waals surface area contributed by atoms with Gasteiger partial charge in [-0.25, -0.2) is 0 Å². The molecule has 0 aliphatic heterocycles. The van der Waals surface area contributed by atoms with Crippen LogP contribution in [0.4, 0.5) is 0 Å². The second-order valence-corrected chi connectivity index (χ2v) is 6.76. The molecule has 2 fully saturated rings. The molecule has 2 aliphatic carbocycles. The summed E-state index contributed by atoms with van der Waals surface area (Å²) < 4.78 is 0. The quantitative estimate of drug-likeness (QED) is 0.674. The van der Waals surface area contributed by atoms with Crippen LogP contribution in [0.3, 0.4) is 0 Å². The van der Waals surface area contributed by atoms with Gasteiger partial charge in [0.2, 0.25) is 0 Å². The minimum absolute atomic E-state index is 0. The van der Waals surface area contributed by atoms with Gasteiger partial charge in [0.05, 0.1) is 11.8 Å². The topological polar surface area (TPSA) is 74.6 Å². The zero-order chi connectivity index (χ0) is 16.2. The van der Waals surface area contributed by atoms with E-state index < -0.39 is 11.9 Å². The van der Waals surface area contributed by atoms with Gasteiger partial charge >= 0.3 is 11.9 Å². The predicted octanol–water partition coefficient (Wildman–Crippen LogP) is 4.86. The van der Waals surface area contributed by atoms with E-state index in [4.69, 9.17) is 10.2 Å². The van der Waals surface area contributed by atoms with Crippen LogP contribution in [0.25, 0.3) is 0 Å². The van der Waals surface area contributed by atoms with E-state index in [2.05, 4.69) is 0 Å². The molecule has 23 heavy (non-hydrogen) atoms. The largest absolute Gasteiger partial charge is 0.481 e. The molecular formula is C18H32O4Zn. The van der Waals surface area contributed by atoms with Crippen molar-refractivity contribution in [2.75, 3.05) is 0 Å². The number of carboxylic acids is 2. The molecule has 0 amide bonds. The maximum atomic E-state index is 10.6. The van der Waals surface area contributed by atoms with Crippen LogP contribution in [0.2, 0.25) is 0 Å². The van der Waals surface area contributed by atoms with E-state index in [1.165, 1.54) is 38.5 Å². The standard InChI is InChI=1S/2C9H16O2.Zn/c2*10-9(11)8-6-4-2-1-3-5-7-8;/h2*8H,1-7H2,(H,10,11);. The van der Waals surface area contributed by atoms with Gasteiger partial charge in [-0.2, -0.15) is 0 Å². The molecule has 2 N–H and O–H groups in total. The summed E-state index contributed by atoms with van der Waals surface area (Å²) in [6, 6.07) is 0. The fourth-order valence-corrected chi connectivity index (χ4v) is 3.41. The first-order valence-corrected chi connectivity index (χ1v) is 9.07. The zero-order valence-electron chi connectivity index (χ0n) is 14.5. The van der Waals surface area contributed by atoms with E-state index in [1.54, 1.807) is 0 Å². The van der Waals surface area contributed by atoms with Crippen LogP contribution in [-0.4, -0.2) is 22.2 Å². The Morgan fingerprint density at radius 1 is 0.522 bits per heavy atom. The van der Waals surface area contributed by atoms with Crippen LogP contribution in [0.15, 0.2) is 0 Å². The molecule has 0 atom stereocenters. The number of aliphatic carboxylic acids is 2. The average Bonchev–Trinajstić information content (AvgIpc) is 2.37. The van der Waals surface area contributed by atoms with Crippen LogP contribution in [-0.2, 0) is 29.1 Å². The first kappa shape index (κ1) is 22.6. The van der Waals surface area contributed by atoms with Gasteiger partial charge in [-0.05, 0) is 25.7 Å². The van der Waals surface area contributed by atoms with Crippen molar-refractivity contribution in [3.05, 3.63) is 0 Å². The Morgan fingerprint density at radius 3 is 0.957 bits per heavy atom. The Kier molecular flexibility index (Phi) is 13.7. The summed E-state index contributed by atoms with van der Waals surface area (Å²) in [5, 5.41) is 17.5. The minimum Gasteiger partial charge on any atom is -0.481 e. The maximum absolute atomic E-state index is 10.6. The van der Waals surface area contributed by atoms with Crippen molar-refractivity contribution in [3.63, 3.8) is 0 Å². The van der Waals surface area contributed by atoms with Gasteiger partial charge < -0.3 is 10.2 Å². The molecule has 0 saturated heterocycles. The molecule has 2 aliphatic rings. The maximum Gasteiger partial charge on any atom is 0.306 e. The van der Waals surface area contributed by atoms with Gasteiger partial charge in [0.25, 0.3) is 0 Å². The molecule has 2 rings (SSSR count). The molecule has 4 nitrogen and oxygen atoms in total. The molecule has 130 valence electrons. The normalized spacial score (nSPS) is 21.2. The SMILES string of the molecule is O=C(O)C1CCCCCCC1.O=C(O)C1CCCCCCC1.[Zn]. The molecule has 0 aromatic carbocycles. The molecular weight excluding hydrogens is 346 g/mol. The molecule has 0 radical (unpaired) electrons. The number of rotatable bonds is 2. The van der Waals surface area contributed by atoms with Crippen molar-refractivity contribution >= 4 is 11.9 Å². The van der Waals surface area contributed by atoms with Gasteiger partial charge in [0.15, 0.2) is 0 Å². The van der Waals surface area contributed by atoms with Gasteiger partial charge in [-0.3, -0.25) is 9.59 Å². The van der Waals surface area contributed by atoms with Crippen molar-refractivity contribution in [3.8, 4) is 0 Å². The Morgan fingerprint density at radius 2 is 0.739 bits per heavy atom. The van der Waals surface area contributed by atoms with Crippen LogP contribution in [0.1, 0.15) is 89.9 Å². The van der Waals surface area contributed by atoms with Crippen molar-refractivity contribution in [2.45, 2.75) is 89.9 Å². The monoisotopic (exact) mass is 376 g/mol. The first-order chi connectivity index (χ1) is 10.6. The molecule has 0 bridgehead atoms. The number of hydrogen-bond donors (Lipinski definition) is 2. The Balaban J connectivity index is 0.000000403. The summed E-state index contributed by atoms with van der Waals surface area (Å²) in [5.74, 6) is -1.27. The van der Waals surface area contributed by atoms with Gasteiger partial charge in [0, 0.05) is 19.5 Å². The van der Waals surface area contributed by atoms with E-state index in [1.807, 2.05) is 0 Å². The van der Waals surface area contributed by atoms with Crippen LogP contribution in [0, 0.1) is 11.8 Å². The third-order valence-electron chi connectivity index (χ3n) is 4.91. The van der Waals surface area contributed by atoms with Crippen molar-refractivity contribution < 1.29 is 39.3 Å². The van der Waals surface area contributed by atoms with Gasteiger partial charge in [-0.15, -0.1) is 0 Å². The first-order valence-electron chi connectivity index (χ1n) is 9.07. The Labute approximate surface area is 153 Å². The number of carbonyl (C=O) groups is 2. The molecule has 0 aromatic heterocycles. The van der Waals surface area contributed by atoms with Crippen molar-refractivity contribution in [2.24, 2.45) is 11.8 Å². The van der Waals surface area contributed by atoms with Gasteiger partial charge in [-0.1, -0.05) is 64.2 Å². The molecule has 0 unspecified atom stereocenters. The van der Waals surface area contributed by atoms with Crippen LogP contribution < -0.4 is 0 Å². The number of carboxylic acid groups (broad SMARTS) is 2. The van der Waals surface area contributed by atoms with E-state index >= 15 is 0 Å². The Bertz CT molecular complexity index is 285. The second kappa shape index (κ2) is 14.0. The van der Waals surface area contributed by atoms with Crippen molar-refractivity contribution in [1.29, 1.82) is 0 Å². The summed E-state index contributed by atoms with van der Waals surface area (Å²) in [7, 11) is 0. The molecule has 0 heterocycles. The van der Waals surface area contributed by atoms with E-state index in [0.29, 0.717) is 0 Å². The summed E-state index contributed by atoms with van der Waals surface area (Å²) in [4.78, 5) is 21.2. The molecule has 0 spiro atoms. The zero-order valence-corrected chi connectivity index (χ0v) is 17.4. The molecule has 0 aromatic rings. The van der Waals surface area contributed by atoms with Gasteiger partial charge in [0.1, 0.15) is 0 Å². The number of hydrogen-bond acceptors (Lipinski definition) is 2. The summed E-state index contributed by atoms with van der Waals surface area (Å²) in [6.45, 7) is 0. The smallest absolute Gasteiger partial charge is 0.306 e. The fourth-order valence-electron chi connectivity index (χ4n) is 3.41. The van der Waals surface area contributed by atoms with E-state index in [9.17, 15) is 9.59 Å². The van der Waals surface area contributed by atoms with E-state index in [-0.39, 0.29) is 31.3 Å². The third kappa shape index (κ3) is 10.9. The fraction of sp³-hybridized carbons (Fsp3) is 0.889. The second-order valence-electron chi connectivity index (χ2n) is 6.76. The third-order valence-corrected chi connectivity index (χ3v) is 4.91. The predicted molar refractivity (Wildman–Crippen MR) is 86.9 cm³/mol. The summed E-state index contributed by atoms with van der Waals surface area (Å²) >= 11 is 0. The van der Waals surface area contributed by atoms with E-state index in [0.717, 1.165) is 51.4 Å². The minimum atomic E-state index is -0.591. The van der Waals surface area contributed by atoms with Crippen LogP contribution >= 0.6 is 0 Å². The van der Waals surface area contributed by atoms with Crippen molar-refractivity contribution in [1.82, 2.24) is 0 Å². The molecule has 5 heteroatoms. The average molecular weight is 378 g/mol. The summed E-state index contributed by atoms with van der Waals surface area (Å²) in [6.07, 6.45) is 15.5. The van der Waals surface area contributed by atoms with Crippen LogP contribution in [0.5, 0.6) is 0 Å². The Hall–Kier alpha value is -0.437. The summed E-state index contributed by atoms with van der Waals surface area (Å²) in [5.41, 5.74) is 0. The molecule has 2 saturated carbocycles.